The number of hydrogen-bond donors (Lipinski definition) is 0. The van der Waals surface area contributed by atoms with E-state index in [0.717, 1.165) is 31.6 Å². The summed E-state index contributed by atoms with van der Waals surface area (Å²) in [7, 11) is 5.47. The van der Waals surface area contributed by atoms with Crippen LogP contribution in [0.1, 0.15) is 30.4 Å². The Bertz CT molecular complexity index is 711. The Morgan fingerprint density at radius 1 is 1.17 bits per heavy atom. The van der Waals surface area contributed by atoms with E-state index in [1.165, 1.54) is 11.1 Å². The van der Waals surface area contributed by atoms with Gasteiger partial charge in [-0.1, -0.05) is 6.07 Å². The molecule has 1 aliphatic heterocycles. The highest BCUT2D eigenvalue weighted by atomic mass is 16.5. The molecule has 3 aliphatic rings. The van der Waals surface area contributed by atoms with E-state index in [0.29, 0.717) is 12.2 Å². The third-order valence-electron chi connectivity index (χ3n) is 6.32. The second-order valence-corrected chi connectivity index (χ2v) is 7.01. The highest BCUT2D eigenvalue weighted by Crippen LogP contribution is 2.59. The van der Waals surface area contributed by atoms with E-state index in [-0.39, 0.29) is 16.7 Å². The van der Waals surface area contributed by atoms with Crippen LogP contribution in [0.3, 0.4) is 0 Å². The van der Waals surface area contributed by atoms with Gasteiger partial charge < -0.3 is 9.47 Å². The minimum Gasteiger partial charge on any atom is -0.497 e. The minimum absolute atomic E-state index is 0.119. The van der Waals surface area contributed by atoms with Gasteiger partial charge in [0.05, 0.1) is 19.8 Å². The molecule has 4 nitrogen and oxygen atoms in total. The summed E-state index contributed by atoms with van der Waals surface area (Å²) in [5, 5.41) is 0. The van der Waals surface area contributed by atoms with Crippen LogP contribution in [0.2, 0.25) is 0 Å². The third kappa shape index (κ3) is 1.73. The van der Waals surface area contributed by atoms with Gasteiger partial charge in [-0.05, 0) is 62.2 Å². The first kappa shape index (κ1) is 14.8. The highest BCUT2D eigenvalue weighted by molar-refractivity contribution is 5.96. The second-order valence-electron chi connectivity index (χ2n) is 7.01. The molecule has 0 saturated carbocycles. The van der Waals surface area contributed by atoms with Crippen LogP contribution in [0.4, 0.5) is 0 Å². The number of methoxy groups -OCH3 is 2. The fourth-order valence-electron chi connectivity index (χ4n) is 5.10. The molecule has 1 saturated heterocycles. The van der Waals surface area contributed by atoms with Crippen LogP contribution >= 0.6 is 0 Å². The van der Waals surface area contributed by atoms with Gasteiger partial charge in [-0.2, -0.15) is 0 Å². The molecule has 1 aromatic carbocycles. The van der Waals surface area contributed by atoms with Crippen molar-refractivity contribution in [3.8, 4) is 5.75 Å². The van der Waals surface area contributed by atoms with Crippen LogP contribution in [0.15, 0.2) is 30.0 Å². The van der Waals surface area contributed by atoms with Crippen molar-refractivity contribution in [3.05, 3.63) is 41.2 Å². The normalized spacial score (nSPS) is 32.7. The number of allylic oxidation sites excluding steroid dienone is 1. The average Bonchev–Trinajstić information content (AvgIpc) is 2.87. The molecule has 0 aromatic heterocycles. The van der Waals surface area contributed by atoms with E-state index in [1.807, 2.05) is 6.07 Å². The van der Waals surface area contributed by atoms with Crippen LogP contribution in [0.25, 0.3) is 0 Å². The predicted octanol–water partition coefficient (Wildman–Crippen LogP) is 2.46. The molecule has 2 aliphatic carbocycles. The Labute approximate surface area is 137 Å². The van der Waals surface area contributed by atoms with E-state index in [9.17, 15) is 4.79 Å². The zero-order valence-electron chi connectivity index (χ0n) is 14.0. The number of ether oxygens (including phenoxy) is 2. The molecule has 1 fully saturated rings. The first-order valence-corrected chi connectivity index (χ1v) is 8.25. The Balaban J connectivity index is 1.97. The number of likely N-dealkylation sites (N-methyl/N-ethyl adjacent to an activating group) is 1. The number of aryl methyl sites for hydroxylation is 1. The van der Waals surface area contributed by atoms with Crippen LogP contribution in [0, 0.1) is 0 Å². The molecule has 1 aromatic rings. The van der Waals surface area contributed by atoms with Gasteiger partial charge in [0, 0.05) is 11.8 Å². The lowest BCUT2D eigenvalue weighted by atomic mass is 9.54. The lowest BCUT2D eigenvalue weighted by Gasteiger charge is -2.53. The average molecular weight is 313 g/mol. The van der Waals surface area contributed by atoms with Gasteiger partial charge in [-0.3, -0.25) is 9.69 Å². The fraction of sp³-hybridized carbons (Fsp3) is 0.526. The van der Waals surface area contributed by atoms with Crippen molar-refractivity contribution in [1.82, 2.24) is 4.90 Å². The molecule has 122 valence electrons. The fourth-order valence-corrected chi connectivity index (χ4v) is 5.10. The summed E-state index contributed by atoms with van der Waals surface area (Å²) in [6, 6.07) is 6.36. The van der Waals surface area contributed by atoms with E-state index in [1.54, 1.807) is 14.2 Å². The molecular formula is C19H23NO3. The maximum Gasteiger partial charge on any atom is 0.198 e. The number of likely N-dealkylation sites (tertiary alicyclic amines) is 1. The van der Waals surface area contributed by atoms with Gasteiger partial charge >= 0.3 is 0 Å². The summed E-state index contributed by atoms with van der Waals surface area (Å²) in [6.45, 7) is 0.997. The van der Waals surface area contributed by atoms with Crippen molar-refractivity contribution in [1.29, 1.82) is 0 Å². The number of carbonyl (C=O) groups is 1. The Morgan fingerprint density at radius 2 is 2.00 bits per heavy atom. The molecule has 0 unspecified atom stereocenters. The van der Waals surface area contributed by atoms with Crippen molar-refractivity contribution in [2.24, 2.45) is 0 Å². The standard InChI is InChI=1S/C19H23NO3/c1-20-9-8-18-11-16(21)17(23-3)12-19(18,20)7-6-13-4-5-14(22-2)10-15(13)18/h4-5,10,12H,6-9,11H2,1-3H3/t18-,19+/m0/s1. The molecule has 0 bridgehead atoms. The molecule has 1 heterocycles. The van der Waals surface area contributed by atoms with Gasteiger partial charge in [0.2, 0.25) is 0 Å². The smallest absolute Gasteiger partial charge is 0.198 e. The van der Waals surface area contributed by atoms with Crippen molar-refractivity contribution in [3.63, 3.8) is 0 Å². The lowest BCUT2D eigenvalue weighted by molar-refractivity contribution is -0.122. The quantitative estimate of drug-likeness (QED) is 0.841. The lowest BCUT2D eigenvalue weighted by Crippen LogP contribution is -2.59. The number of ketones is 1. The molecule has 4 heteroatoms. The zero-order valence-corrected chi connectivity index (χ0v) is 14.0. The van der Waals surface area contributed by atoms with Crippen molar-refractivity contribution >= 4 is 5.78 Å². The number of rotatable bonds is 2. The summed E-state index contributed by atoms with van der Waals surface area (Å²) < 4.78 is 10.9. The van der Waals surface area contributed by atoms with Gasteiger partial charge in [-0.15, -0.1) is 0 Å². The summed E-state index contributed by atoms with van der Waals surface area (Å²) in [5.41, 5.74) is 2.39. The summed E-state index contributed by atoms with van der Waals surface area (Å²) in [6.07, 6.45) is 5.68. The third-order valence-corrected chi connectivity index (χ3v) is 6.32. The molecule has 0 radical (unpaired) electrons. The van der Waals surface area contributed by atoms with Crippen LogP contribution in [0.5, 0.6) is 5.75 Å². The first-order chi connectivity index (χ1) is 11.1. The Morgan fingerprint density at radius 3 is 2.74 bits per heavy atom. The number of Topliss-reactive ketones (excluding diaryl/α,β-unsaturated/α-hetero) is 1. The Hall–Kier alpha value is -1.81. The topological polar surface area (TPSA) is 38.8 Å². The van der Waals surface area contributed by atoms with Crippen LogP contribution in [-0.2, 0) is 21.4 Å². The number of hydrogen-bond acceptors (Lipinski definition) is 4. The zero-order chi connectivity index (χ0) is 16.2. The monoisotopic (exact) mass is 313 g/mol. The first-order valence-electron chi connectivity index (χ1n) is 8.25. The summed E-state index contributed by atoms with van der Waals surface area (Å²) in [5.74, 6) is 1.52. The minimum atomic E-state index is -0.150. The predicted molar refractivity (Wildman–Crippen MR) is 87.7 cm³/mol. The molecule has 0 spiro atoms. The van der Waals surface area contributed by atoms with Crippen molar-refractivity contribution < 1.29 is 14.3 Å². The van der Waals surface area contributed by atoms with Gasteiger partial charge in [0.15, 0.2) is 11.5 Å². The molecule has 2 atom stereocenters. The summed E-state index contributed by atoms with van der Waals surface area (Å²) in [4.78, 5) is 15.1. The van der Waals surface area contributed by atoms with E-state index < -0.39 is 0 Å². The van der Waals surface area contributed by atoms with E-state index in [4.69, 9.17) is 9.47 Å². The van der Waals surface area contributed by atoms with Gasteiger partial charge in [0.25, 0.3) is 0 Å². The van der Waals surface area contributed by atoms with Crippen molar-refractivity contribution in [2.75, 3.05) is 27.8 Å². The Kier molecular flexibility index (Phi) is 3.11. The van der Waals surface area contributed by atoms with Gasteiger partial charge in [-0.25, -0.2) is 0 Å². The summed E-state index contributed by atoms with van der Waals surface area (Å²) >= 11 is 0. The van der Waals surface area contributed by atoms with Gasteiger partial charge in [0.1, 0.15) is 5.75 Å². The maximum atomic E-state index is 12.6. The molecule has 23 heavy (non-hydrogen) atoms. The maximum absolute atomic E-state index is 12.6. The number of carbonyl (C=O) groups excluding carboxylic acids is 1. The van der Waals surface area contributed by atoms with E-state index >= 15 is 0 Å². The number of fused-ring (bicyclic) bond motifs is 1. The van der Waals surface area contributed by atoms with E-state index in [2.05, 4.69) is 30.2 Å². The largest absolute Gasteiger partial charge is 0.497 e. The second kappa shape index (κ2) is 4.84. The van der Waals surface area contributed by atoms with Crippen LogP contribution in [-0.4, -0.2) is 44.0 Å². The number of benzene rings is 1. The molecule has 4 rings (SSSR count). The van der Waals surface area contributed by atoms with Crippen molar-refractivity contribution in [2.45, 2.75) is 36.6 Å². The molecular weight excluding hydrogens is 290 g/mol. The molecule has 0 amide bonds. The van der Waals surface area contributed by atoms with Crippen LogP contribution < -0.4 is 4.74 Å². The highest BCUT2D eigenvalue weighted by Gasteiger charge is 2.62. The number of nitrogens with zero attached hydrogens (tertiary/aromatic N) is 1. The SMILES string of the molecule is COC1=C[C@]23CCc4ccc(OC)cc4[C@]2(CCN3C)CC1=O. The molecule has 0 N–H and O–H groups in total.